The van der Waals surface area contributed by atoms with Crippen molar-refractivity contribution in [1.82, 2.24) is 24.8 Å². The van der Waals surface area contributed by atoms with E-state index in [9.17, 15) is 4.79 Å². The average Bonchev–Trinajstić information content (AvgIpc) is 3.46. The van der Waals surface area contributed by atoms with Gasteiger partial charge in [-0.3, -0.25) is 10.3 Å². The highest BCUT2D eigenvalue weighted by molar-refractivity contribution is 5.89. The van der Waals surface area contributed by atoms with Crippen molar-refractivity contribution in [2.75, 3.05) is 5.32 Å². The second kappa shape index (κ2) is 7.94. The molecule has 150 valence electrons. The summed E-state index contributed by atoms with van der Waals surface area (Å²) in [7, 11) is 0. The summed E-state index contributed by atoms with van der Waals surface area (Å²) in [5, 5.41) is 6.67. The minimum atomic E-state index is -0.248. The fourth-order valence-corrected chi connectivity index (χ4v) is 3.97. The molecule has 1 aliphatic rings. The topological polar surface area (TPSA) is 84.7 Å². The number of benzene rings is 1. The van der Waals surface area contributed by atoms with Crippen LogP contribution in [0.2, 0.25) is 0 Å². The van der Waals surface area contributed by atoms with Gasteiger partial charge in [0.05, 0.1) is 11.2 Å². The number of amides is 2. The Hall–Kier alpha value is -3.74. The molecule has 0 saturated heterocycles. The lowest BCUT2D eigenvalue weighted by atomic mass is 10.2. The SMILES string of the molecule is O=C(Nc1ncc2ccc(-n3cccc3-c3cccnc3)cc2n1)NC1CCCC1. The minimum Gasteiger partial charge on any atom is -0.335 e. The van der Waals surface area contributed by atoms with Gasteiger partial charge in [-0.05, 0) is 55.3 Å². The van der Waals surface area contributed by atoms with Crippen LogP contribution in [0.3, 0.4) is 0 Å². The fourth-order valence-electron chi connectivity index (χ4n) is 3.97. The third-order valence-electron chi connectivity index (χ3n) is 5.47. The van der Waals surface area contributed by atoms with Crippen molar-refractivity contribution < 1.29 is 4.79 Å². The number of nitrogens with zero attached hydrogens (tertiary/aromatic N) is 4. The van der Waals surface area contributed by atoms with Gasteiger partial charge in [-0.1, -0.05) is 12.8 Å². The number of anilines is 1. The monoisotopic (exact) mass is 398 g/mol. The molecule has 1 fully saturated rings. The molecule has 1 saturated carbocycles. The van der Waals surface area contributed by atoms with E-state index in [1.54, 1.807) is 12.4 Å². The van der Waals surface area contributed by atoms with Gasteiger partial charge in [-0.2, -0.15) is 0 Å². The van der Waals surface area contributed by atoms with E-state index in [1.807, 2.05) is 48.8 Å². The molecule has 2 amide bonds. The molecule has 30 heavy (non-hydrogen) atoms. The largest absolute Gasteiger partial charge is 0.335 e. The lowest BCUT2D eigenvalue weighted by Crippen LogP contribution is -2.36. The van der Waals surface area contributed by atoms with Crippen molar-refractivity contribution in [2.24, 2.45) is 0 Å². The Bertz CT molecular complexity index is 1180. The number of urea groups is 1. The maximum atomic E-state index is 12.2. The van der Waals surface area contributed by atoms with Crippen molar-refractivity contribution in [2.45, 2.75) is 31.7 Å². The number of carbonyl (C=O) groups is 1. The first-order chi connectivity index (χ1) is 14.8. The highest BCUT2D eigenvalue weighted by Gasteiger charge is 2.17. The van der Waals surface area contributed by atoms with Crippen LogP contribution in [-0.4, -0.2) is 31.6 Å². The molecular weight excluding hydrogens is 376 g/mol. The second-order valence-corrected chi connectivity index (χ2v) is 7.52. The minimum absolute atomic E-state index is 0.247. The van der Waals surface area contributed by atoms with Crippen molar-refractivity contribution in [3.8, 4) is 16.9 Å². The Morgan fingerprint density at radius 2 is 1.97 bits per heavy atom. The summed E-state index contributed by atoms with van der Waals surface area (Å²) < 4.78 is 2.10. The summed E-state index contributed by atoms with van der Waals surface area (Å²) >= 11 is 0. The van der Waals surface area contributed by atoms with Crippen LogP contribution in [0.1, 0.15) is 25.7 Å². The predicted molar refractivity (Wildman–Crippen MR) is 117 cm³/mol. The van der Waals surface area contributed by atoms with Crippen molar-refractivity contribution in [3.05, 3.63) is 67.3 Å². The first-order valence-corrected chi connectivity index (χ1v) is 10.2. The summed E-state index contributed by atoms with van der Waals surface area (Å²) in [6.07, 6.45) is 11.8. The number of rotatable bonds is 4. The molecule has 1 aliphatic carbocycles. The van der Waals surface area contributed by atoms with Crippen LogP contribution < -0.4 is 10.6 Å². The van der Waals surface area contributed by atoms with E-state index in [0.717, 1.165) is 40.7 Å². The van der Waals surface area contributed by atoms with Gasteiger partial charge in [0.15, 0.2) is 0 Å². The Labute approximate surface area is 174 Å². The van der Waals surface area contributed by atoms with E-state index >= 15 is 0 Å². The Morgan fingerprint density at radius 1 is 1.07 bits per heavy atom. The molecule has 0 unspecified atom stereocenters. The lowest BCUT2D eigenvalue weighted by Gasteiger charge is -2.13. The summed E-state index contributed by atoms with van der Waals surface area (Å²) in [4.78, 5) is 25.3. The molecule has 0 spiro atoms. The summed E-state index contributed by atoms with van der Waals surface area (Å²) in [5.41, 5.74) is 3.83. The van der Waals surface area contributed by atoms with Crippen LogP contribution in [0.4, 0.5) is 10.7 Å². The molecule has 2 N–H and O–H groups in total. The van der Waals surface area contributed by atoms with Crippen molar-refractivity contribution >= 4 is 22.9 Å². The molecule has 4 aromatic rings. The average molecular weight is 398 g/mol. The number of fused-ring (bicyclic) bond motifs is 1. The molecule has 0 bridgehead atoms. The zero-order chi connectivity index (χ0) is 20.3. The van der Waals surface area contributed by atoms with Crippen LogP contribution >= 0.6 is 0 Å². The molecule has 7 nitrogen and oxygen atoms in total. The third-order valence-corrected chi connectivity index (χ3v) is 5.47. The van der Waals surface area contributed by atoms with Crippen LogP contribution in [0.15, 0.2) is 67.3 Å². The quantitative estimate of drug-likeness (QED) is 0.528. The van der Waals surface area contributed by atoms with Gasteiger partial charge >= 0.3 is 6.03 Å². The molecule has 7 heteroatoms. The second-order valence-electron chi connectivity index (χ2n) is 7.52. The van der Waals surface area contributed by atoms with E-state index in [-0.39, 0.29) is 12.1 Å². The molecule has 1 aromatic carbocycles. The summed E-state index contributed by atoms with van der Waals surface area (Å²) in [5.74, 6) is 0.301. The van der Waals surface area contributed by atoms with Gasteiger partial charge in [0.1, 0.15) is 0 Å². The van der Waals surface area contributed by atoms with Crippen LogP contribution in [-0.2, 0) is 0 Å². The third kappa shape index (κ3) is 3.74. The van der Waals surface area contributed by atoms with Crippen LogP contribution in [0, 0.1) is 0 Å². The molecule has 5 rings (SSSR count). The van der Waals surface area contributed by atoms with Crippen LogP contribution in [0.5, 0.6) is 0 Å². The predicted octanol–water partition coefficient (Wildman–Crippen LogP) is 4.55. The molecule has 3 heterocycles. The van der Waals surface area contributed by atoms with Gasteiger partial charge in [-0.25, -0.2) is 14.8 Å². The smallest absolute Gasteiger partial charge is 0.321 e. The number of pyridine rings is 1. The molecule has 3 aromatic heterocycles. The number of carbonyl (C=O) groups excluding carboxylic acids is 1. The molecule has 0 atom stereocenters. The molecule has 0 aliphatic heterocycles. The number of nitrogens with one attached hydrogen (secondary N) is 2. The van der Waals surface area contributed by atoms with E-state index in [1.165, 1.54) is 12.8 Å². The lowest BCUT2D eigenvalue weighted by molar-refractivity contribution is 0.248. The number of hydrogen-bond acceptors (Lipinski definition) is 4. The van der Waals surface area contributed by atoms with E-state index < -0.39 is 0 Å². The maximum Gasteiger partial charge on any atom is 0.321 e. The standard InChI is InChI=1S/C23H22N6O/c30-23(26-18-6-1-2-7-18)28-22-25-15-16-9-10-19(13-20(16)27-22)29-12-4-8-21(29)17-5-3-11-24-14-17/h3-5,8-15,18H,1-2,6-7H2,(H2,25,26,27,28,30). The molecular formula is C23H22N6O. The first kappa shape index (κ1) is 18.3. The Morgan fingerprint density at radius 3 is 2.80 bits per heavy atom. The van der Waals surface area contributed by atoms with Crippen molar-refractivity contribution in [3.63, 3.8) is 0 Å². The van der Waals surface area contributed by atoms with Crippen molar-refractivity contribution in [1.29, 1.82) is 0 Å². The van der Waals surface area contributed by atoms with Gasteiger partial charge in [0, 0.05) is 47.5 Å². The maximum absolute atomic E-state index is 12.2. The van der Waals surface area contributed by atoms with Crippen LogP contribution in [0.25, 0.3) is 27.8 Å². The van der Waals surface area contributed by atoms with E-state index in [0.29, 0.717) is 5.95 Å². The van der Waals surface area contributed by atoms with Gasteiger partial charge in [-0.15, -0.1) is 0 Å². The normalized spacial score (nSPS) is 14.1. The Kier molecular flexibility index (Phi) is 4.85. The van der Waals surface area contributed by atoms with Gasteiger partial charge < -0.3 is 9.88 Å². The summed E-state index contributed by atoms with van der Waals surface area (Å²) in [6.45, 7) is 0. The highest BCUT2D eigenvalue weighted by atomic mass is 16.2. The number of aromatic nitrogens is 4. The van der Waals surface area contributed by atoms with E-state index in [2.05, 4.69) is 36.2 Å². The van der Waals surface area contributed by atoms with E-state index in [4.69, 9.17) is 0 Å². The highest BCUT2D eigenvalue weighted by Crippen LogP contribution is 2.25. The fraction of sp³-hybridized carbons (Fsp3) is 0.217. The first-order valence-electron chi connectivity index (χ1n) is 10.2. The van der Waals surface area contributed by atoms with Gasteiger partial charge in [0.25, 0.3) is 0 Å². The molecule has 0 radical (unpaired) electrons. The zero-order valence-electron chi connectivity index (χ0n) is 16.5. The summed E-state index contributed by atoms with van der Waals surface area (Å²) in [6, 6.07) is 14.0. The Balaban J connectivity index is 1.42. The zero-order valence-corrected chi connectivity index (χ0v) is 16.5. The number of hydrogen-bond donors (Lipinski definition) is 2. The van der Waals surface area contributed by atoms with Gasteiger partial charge in [0.2, 0.25) is 5.95 Å².